The Morgan fingerprint density at radius 2 is 1.84 bits per heavy atom. The Morgan fingerprint density at radius 1 is 1.26 bits per heavy atom. The maximum absolute atomic E-state index is 10.0. The lowest BCUT2D eigenvalue weighted by Gasteiger charge is -2.41. The fourth-order valence-corrected chi connectivity index (χ4v) is 2.80. The molecule has 1 fully saturated rings. The summed E-state index contributed by atoms with van der Waals surface area (Å²) in [5.74, 6) is 0. The van der Waals surface area contributed by atoms with Crippen LogP contribution in [-0.4, -0.2) is 41.8 Å². The number of piperidine rings is 1. The molecule has 1 aromatic carbocycles. The third-order valence-electron chi connectivity index (χ3n) is 4.43. The van der Waals surface area contributed by atoms with E-state index in [4.69, 9.17) is 5.73 Å². The van der Waals surface area contributed by atoms with Crippen molar-refractivity contribution in [3.63, 3.8) is 0 Å². The molecule has 1 atom stereocenters. The van der Waals surface area contributed by atoms with Crippen LogP contribution in [0.4, 0.5) is 0 Å². The van der Waals surface area contributed by atoms with Crippen molar-refractivity contribution >= 4 is 0 Å². The van der Waals surface area contributed by atoms with E-state index in [0.717, 1.165) is 32.5 Å². The number of hydrogen-bond donors (Lipinski definition) is 2. The lowest BCUT2D eigenvalue weighted by Crippen LogP contribution is -2.49. The Hall–Kier alpha value is -0.900. The lowest BCUT2D eigenvalue weighted by atomic mass is 9.81. The molecule has 1 aliphatic rings. The van der Waals surface area contributed by atoms with E-state index in [1.54, 1.807) is 0 Å². The smallest absolute Gasteiger partial charge is 0.0644 e. The van der Waals surface area contributed by atoms with Gasteiger partial charge in [0, 0.05) is 31.6 Å². The number of aliphatic hydroxyl groups is 1. The Bertz CT molecular complexity index is 394. The molecule has 0 radical (unpaired) electrons. The van der Waals surface area contributed by atoms with Crippen LogP contribution < -0.4 is 5.73 Å². The van der Waals surface area contributed by atoms with Crippen LogP contribution >= 0.6 is 0 Å². The molecule has 3 heteroatoms. The van der Waals surface area contributed by atoms with Crippen molar-refractivity contribution in [1.82, 2.24) is 4.90 Å². The molecule has 106 valence electrons. The van der Waals surface area contributed by atoms with Crippen molar-refractivity contribution in [2.24, 2.45) is 5.73 Å². The molecule has 0 aliphatic carbocycles. The van der Waals surface area contributed by atoms with Gasteiger partial charge in [-0.2, -0.15) is 0 Å². The average Bonchev–Trinajstić information content (AvgIpc) is 2.42. The van der Waals surface area contributed by atoms with E-state index in [1.807, 2.05) is 13.0 Å². The van der Waals surface area contributed by atoms with Gasteiger partial charge in [0.2, 0.25) is 0 Å². The maximum atomic E-state index is 10.0. The van der Waals surface area contributed by atoms with Gasteiger partial charge in [-0.05, 0) is 25.3 Å². The van der Waals surface area contributed by atoms with Gasteiger partial charge in [0.1, 0.15) is 0 Å². The molecule has 1 aliphatic heterocycles. The van der Waals surface area contributed by atoms with E-state index in [0.29, 0.717) is 6.54 Å². The fourth-order valence-electron chi connectivity index (χ4n) is 2.80. The molecule has 0 aromatic heterocycles. The second-order valence-electron chi connectivity index (χ2n) is 6.40. The van der Waals surface area contributed by atoms with Crippen LogP contribution in [0.15, 0.2) is 30.3 Å². The van der Waals surface area contributed by atoms with Gasteiger partial charge in [-0.25, -0.2) is 0 Å². The topological polar surface area (TPSA) is 49.5 Å². The normalized spacial score (nSPS) is 22.9. The van der Waals surface area contributed by atoms with E-state index >= 15 is 0 Å². The van der Waals surface area contributed by atoms with Gasteiger partial charge in [0.15, 0.2) is 0 Å². The number of nitrogens with two attached hydrogens (primary N) is 1. The summed E-state index contributed by atoms with van der Waals surface area (Å²) in [6.45, 7) is 7.68. The number of rotatable bonds is 4. The van der Waals surface area contributed by atoms with Crippen LogP contribution in [-0.2, 0) is 5.41 Å². The molecule has 1 unspecified atom stereocenters. The van der Waals surface area contributed by atoms with Crippen molar-refractivity contribution in [3.05, 3.63) is 35.9 Å². The standard InChI is InChI=1S/C16H26N2O/c1-15(12-17,14-6-4-3-5-7-14)13-18-10-8-16(2,19)9-11-18/h3-7,19H,8-13,17H2,1-2H3. The van der Waals surface area contributed by atoms with Crippen molar-refractivity contribution in [1.29, 1.82) is 0 Å². The maximum Gasteiger partial charge on any atom is 0.0644 e. The first-order valence-corrected chi connectivity index (χ1v) is 7.16. The number of nitrogens with zero attached hydrogens (tertiary/aromatic N) is 1. The van der Waals surface area contributed by atoms with E-state index in [2.05, 4.69) is 36.1 Å². The highest BCUT2D eigenvalue weighted by Gasteiger charge is 2.32. The highest BCUT2D eigenvalue weighted by Crippen LogP contribution is 2.27. The van der Waals surface area contributed by atoms with E-state index in [1.165, 1.54) is 5.56 Å². The molecule has 3 nitrogen and oxygen atoms in total. The Balaban J connectivity index is 2.04. The second-order valence-corrected chi connectivity index (χ2v) is 6.40. The molecule has 0 spiro atoms. The largest absolute Gasteiger partial charge is 0.390 e. The van der Waals surface area contributed by atoms with Gasteiger partial charge in [-0.15, -0.1) is 0 Å². The van der Waals surface area contributed by atoms with Crippen LogP contribution in [0.1, 0.15) is 32.3 Å². The summed E-state index contributed by atoms with van der Waals surface area (Å²) in [5.41, 5.74) is 6.84. The second kappa shape index (κ2) is 5.61. The van der Waals surface area contributed by atoms with Crippen molar-refractivity contribution < 1.29 is 5.11 Å². The summed E-state index contributed by atoms with van der Waals surface area (Å²) in [5, 5.41) is 10.0. The predicted octanol–water partition coefficient (Wildman–Crippen LogP) is 1.75. The molecular formula is C16H26N2O. The summed E-state index contributed by atoms with van der Waals surface area (Å²) in [6.07, 6.45) is 1.70. The van der Waals surface area contributed by atoms with Gasteiger partial charge in [0.05, 0.1) is 5.60 Å². The summed E-state index contributed by atoms with van der Waals surface area (Å²) < 4.78 is 0. The van der Waals surface area contributed by atoms with E-state index in [9.17, 15) is 5.11 Å². The summed E-state index contributed by atoms with van der Waals surface area (Å²) in [7, 11) is 0. The first kappa shape index (κ1) is 14.5. The Kier molecular flexibility index (Phi) is 4.29. The van der Waals surface area contributed by atoms with Crippen LogP contribution in [0.25, 0.3) is 0 Å². The predicted molar refractivity (Wildman–Crippen MR) is 79.1 cm³/mol. The molecule has 0 amide bonds. The molecule has 1 aromatic rings. The van der Waals surface area contributed by atoms with Crippen molar-refractivity contribution in [2.75, 3.05) is 26.2 Å². The molecule has 3 N–H and O–H groups in total. The average molecular weight is 262 g/mol. The zero-order valence-electron chi connectivity index (χ0n) is 12.1. The lowest BCUT2D eigenvalue weighted by molar-refractivity contribution is -0.00965. The molecule has 19 heavy (non-hydrogen) atoms. The van der Waals surface area contributed by atoms with Crippen molar-refractivity contribution in [3.8, 4) is 0 Å². The third-order valence-corrected chi connectivity index (χ3v) is 4.43. The molecule has 0 saturated carbocycles. The molecular weight excluding hydrogens is 236 g/mol. The molecule has 1 saturated heterocycles. The highest BCUT2D eigenvalue weighted by molar-refractivity contribution is 5.25. The minimum Gasteiger partial charge on any atom is -0.390 e. The van der Waals surface area contributed by atoms with Crippen LogP contribution in [0.3, 0.4) is 0 Å². The Labute approximate surface area is 116 Å². The highest BCUT2D eigenvalue weighted by atomic mass is 16.3. The number of likely N-dealkylation sites (tertiary alicyclic amines) is 1. The van der Waals surface area contributed by atoms with Crippen LogP contribution in [0.2, 0.25) is 0 Å². The third kappa shape index (κ3) is 3.56. The summed E-state index contributed by atoms with van der Waals surface area (Å²) in [4.78, 5) is 2.43. The van der Waals surface area contributed by atoms with Crippen LogP contribution in [0.5, 0.6) is 0 Å². The van der Waals surface area contributed by atoms with Gasteiger partial charge in [0.25, 0.3) is 0 Å². The van der Waals surface area contributed by atoms with Gasteiger partial charge < -0.3 is 15.7 Å². The first-order chi connectivity index (χ1) is 8.95. The van der Waals surface area contributed by atoms with Crippen LogP contribution in [0, 0.1) is 0 Å². The molecule has 1 heterocycles. The van der Waals surface area contributed by atoms with Gasteiger partial charge in [-0.3, -0.25) is 0 Å². The summed E-state index contributed by atoms with van der Waals surface area (Å²) >= 11 is 0. The SMILES string of the molecule is CC1(O)CCN(CC(C)(CN)c2ccccc2)CC1. The zero-order valence-corrected chi connectivity index (χ0v) is 12.1. The number of benzene rings is 1. The van der Waals surface area contributed by atoms with E-state index < -0.39 is 5.60 Å². The quantitative estimate of drug-likeness (QED) is 0.869. The Morgan fingerprint density at radius 3 is 2.37 bits per heavy atom. The fraction of sp³-hybridized carbons (Fsp3) is 0.625. The van der Waals surface area contributed by atoms with Gasteiger partial charge in [-0.1, -0.05) is 37.3 Å². The zero-order chi connectivity index (χ0) is 13.9. The first-order valence-electron chi connectivity index (χ1n) is 7.16. The monoisotopic (exact) mass is 262 g/mol. The molecule has 2 rings (SSSR count). The minimum atomic E-state index is -0.484. The van der Waals surface area contributed by atoms with Crippen molar-refractivity contribution in [2.45, 2.75) is 37.7 Å². The summed E-state index contributed by atoms with van der Waals surface area (Å²) in [6, 6.07) is 10.5. The molecule has 0 bridgehead atoms. The van der Waals surface area contributed by atoms with E-state index in [-0.39, 0.29) is 5.41 Å². The number of hydrogen-bond acceptors (Lipinski definition) is 3. The van der Waals surface area contributed by atoms with Gasteiger partial charge >= 0.3 is 0 Å². The minimum absolute atomic E-state index is 0.00947.